The Bertz CT molecular complexity index is 261. The van der Waals surface area contributed by atoms with Gasteiger partial charge in [-0.1, -0.05) is 0 Å². The van der Waals surface area contributed by atoms with Gasteiger partial charge in [-0.25, -0.2) is 0 Å². The first-order valence-corrected chi connectivity index (χ1v) is 5.34. The monoisotopic (exact) mass is 237 g/mol. The Morgan fingerprint density at radius 2 is 2.00 bits per heavy atom. The van der Waals surface area contributed by atoms with Crippen LogP contribution >= 0.6 is 0 Å². The summed E-state index contributed by atoms with van der Waals surface area (Å²) in [5.41, 5.74) is 5.00. The van der Waals surface area contributed by atoms with E-state index in [0.29, 0.717) is 5.92 Å². The van der Waals surface area contributed by atoms with Gasteiger partial charge < -0.3 is 10.6 Å². The highest BCUT2D eigenvalue weighted by molar-refractivity contribution is 5.80. The summed E-state index contributed by atoms with van der Waals surface area (Å²) in [4.78, 5) is 1.65. The van der Waals surface area contributed by atoms with Crippen molar-refractivity contribution in [2.45, 2.75) is 32.0 Å². The van der Waals surface area contributed by atoms with Crippen molar-refractivity contribution in [3.63, 3.8) is 0 Å². The molecule has 0 heterocycles. The first kappa shape index (κ1) is 13.3. The number of halogens is 3. The molecule has 6 heteroatoms. The van der Waals surface area contributed by atoms with Crippen molar-refractivity contribution in [2.75, 3.05) is 13.6 Å². The second kappa shape index (κ2) is 4.61. The first-order chi connectivity index (χ1) is 7.23. The van der Waals surface area contributed by atoms with E-state index >= 15 is 0 Å². The van der Waals surface area contributed by atoms with Crippen LogP contribution in [-0.4, -0.2) is 36.5 Å². The quantitative estimate of drug-likeness (QED) is 0.566. The summed E-state index contributed by atoms with van der Waals surface area (Å²) in [5, 5.41) is 7.00. The minimum Gasteiger partial charge on any atom is -0.387 e. The van der Waals surface area contributed by atoms with E-state index in [1.54, 1.807) is 11.9 Å². The molecular weight excluding hydrogens is 219 g/mol. The van der Waals surface area contributed by atoms with Crippen LogP contribution in [0.3, 0.4) is 0 Å². The summed E-state index contributed by atoms with van der Waals surface area (Å²) in [6.45, 7) is 1.70. The molecule has 0 aliphatic heterocycles. The number of amidine groups is 1. The van der Waals surface area contributed by atoms with Gasteiger partial charge in [0, 0.05) is 12.6 Å². The number of hydrogen-bond acceptors (Lipinski definition) is 2. The lowest BCUT2D eigenvalue weighted by molar-refractivity contribution is -0.160. The highest BCUT2D eigenvalue weighted by Crippen LogP contribution is 2.35. The van der Waals surface area contributed by atoms with E-state index < -0.39 is 17.9 Å². The molecule has 0 radical (unpaired) electrons. The van der Waals surface area contributed by atoms with Crippen molar-refractivity contribution >= 4 is 5.84 Å². The zero-order valence-corrected chi connectivity index (χ0v) is 9.51. The third-order valence-corrected chi connectivity index (χ3v) is 3.24. The van der Waals surface area contributed by atoms with Crippen LogP contribution in [0.2, 0.25) is 0 Å². The molecule has 3 nitrogen and oxygen atoms in total. The maximum Gasteiger partial charge on any atom is 0.399 e. The number of nitrogens with one attached hydrogen (secondary N) is 1. The highest BCUT2D eigenvalue weighted by atomic mass is 19.4. The van der Waals surface area contributed by atoms with Gasteiger partial charge >= 0.3 is 6.18 Å². The molecule has 0 aromatic rings. The van der Waals surface area contributed by atoms with Crippen molar-refractivity contribution in [2.24, 2.45) is 17.6 Å². The van der Waals surface area contributed by atoms with Crippen LogP contribution in [0.1, 0.15) is 19.8 Å². The molecule has 0 aromatic heterocycles. The van der Waals surface area contributed by atoms with Crippen LogP contribution in [0.4, 0.5) is 13.2 Å². The van der Waals surface area contributed by atoms with E-state index in [1.165, 1.54) is 0 Å². The van der Waals surface area contributed by atoms with Gasteiger partial charge in [0.25, 0.3) is 0 Å². The van der Waals surface area contributed by atoms with Crippen LogP contribution < -0.4 is 5.73 Å². The summed E-state index contributed by atoms with van der Waals surface area (Å²) in [5.74, 6) is -2.15. The maximum absolute atomic E-state index is 12.6. The van der Waals surface area contributed by atoms with E-state index in [9.17, 15) is 13.2 Å². The van der Waals surface area contributed by atoms with E-state index in [4.69, 9.17) is 11.1 Å². The zero-order valence-electron chi connectivity index (χ0n) is 9.51. The second-order valence-corrected chi connectivity index (χ2v) is 4.57. The van der Waals surface area contributed by atoms with Crippen LogP contribution in [0, 0.1) is 17.2 Å². The molecule has 2 unspecified atom stereocenters. The van der Waals surface area contributed by atoms with Gasteiger partial charge in [0.05, 0.1) is 0 Å². The van der Waals surface area contributed by atoms with Crippen molar-refractivity contribution < 1.29 is 13.2 Å². The Balaban J connectivity index is 2.57. The molecule has 94 valence electrons. The summed E-state index contributed by atoms with van der Waals surface area (Å²) >= 11 is 0. The van der Waals surface area contributed by atoms with Gasteiger partial charge in [-0.05, 0) is 32.7 Å². The lowest BCUT2D eigenvalue weighted by atomic mass is 10.1. The number of alkyl halides is 3. The van der Waals surface area contributed by atoms with E-state index in [0.717, 1.165) is 12.8 Å². The SMILES string of the molecule is CC(C1CC1)N(C)CC(C(=N)N)C(F)(F)F. The lowest BCUT2D eigenvalue weighted by Gasteiger charge is -2.29. The molecule has 16 heavy (non-hydrogen) atoms. The Morgan fingerprint density at radius 3 is 2.31 bits per heavy atom. The second-order valence-electron chi connectivity index (χ2n) is 4.57. The fourth-order valence-electron chi connectivity index (χ4n) is 1.77. The predicted molar refractivity (Wildman–Crippen MR) is 56.3 cm³/mol. The molecule has 1 aliphatic rings. The van der Waals surface area contributed by atoms with Gasteiger partial charge in [0.2, 0.25) is 0 Å². The van der Waals surface area contributed by atoms with Crippen molar-refractivity contribution in [1.29, 1.82) is 5.41 Å². The molecule has 0 spiro atoms. The normalized spacial score (nSPS) is 20.9. The van der Waals surface area contributed by atoms with Crippen molar-refractivity contribution in [3.8, 4) is 0 Å². The standard InChI is InChI=1S/C10H18F3N3/c1-6(7-3-4-7)16(2)5-8(9(14)15)10(11,12)13/h6-8H,3-5H2,1-2H3,(H3,14,15). The Morgan fingerprint density at radius 1 is 1.50 bits per heavy atom. The maximum atomic E-state index is 12.6. The Hall–Kier alpha value is -0.780. The molecule has 1 fully saturated rings. The Kier molecular flexibility index (Phi) is 3.83. The minimum absolute atomic E-state index is 0.129. The average Bonchev–Trinajstić information content (AvgIpc) is 2.92. The molecule has 3 N–H and O–H groups in total. The molecule has 2 atom stereocenters. The number of hydrogen-bond donors (Lipinski definition) is 2. The van der Waals surface area contributed by atoms with Gasteiger partial charge in [-0.2, -0.15) is 13.2 Å². The third-order valence-electron chi connectivity index (χ3n) is 3.24. The molecule has 1 aliphatic carbocycles. The van der Waals surface area contributed by atoms with Gasteiger partial charge in [-0.15, -0.1) is 0 Å². The zero-order chi connectivity index (χ0) is 12.5. The molecule has 0 bridgehead atoms. The summed E-state index contributed by atoms with van der Waals surface area (Å²) in [6, 6.07) is 0.129. The number of nitrogens with two attached hydrogens (primary N) is 1. The Labute approximate surface area is 93.3 Å². The molecule has 0 saturated heterocycles. The topological polar surface area (TPSA) is 53.1 Å². The smallest absolute Gasteiger partial charge is 0.387 e. The van der Waals surface area contributed by atoms with Crippen molar-refractivity contribution in [1.82, 2.24) is 4.90 Å². The fraction of sp³-hybridized carbons (Fsp3) is 0.900. The van der Waals surface area contributed by atoms with Gasteiger partial charge in [0.1, 0.15) is 11.8 Å². The lowest BCUT2D eigenvalue weighted by Crippen LogP contribution is -2.45. The molecule has 1 rings (SSSR count). The summed E-state index contributed by atoms with van der Waals surface area (Å²) < 4.78 is 37.7. The largest absolute Gasteiger partial charge is 0.399 e. The average molecular weight is 237 g/mol. The predicted octanol–water partition coefficient (Wildman–Crippen LogP) is 1.83. The molecular formula is C10H18F3N3. The third kappa shape index (κ3) is 3.37. The van der Waals surface area contributed by atoms with Gasteiger partial charge in [-0.3, -0.25) is 5.41 Å². The van der Waals surface area contributed by atoms with Crippen LogP contribution in [0.15, 0.2) is 0 Å². The molecule has 0 aromatic carbocycles. The van der Waals surface area contributed by atoms with Crippen molar-refractivity contribution in [3.05, 3.63) is 0 Å². The number of rotatable bonds is 5. The van der Waals surface area contributed by atoms with Crippen LogP contribution in [-0.2, 0) is 0 Å². The summed E-state index contributed by atoms with van der Waals surface area (Å²) in [6.07, 6.45) is -2.26. The van der Waals surface area contributed by atoms with Gasteiger partial charge in [0.15, 0.2) is 0 Å². The highest BCUT2D eigenvalue weighted by Gasteiger charge is 2.43. The van der Waals surface area contributed by atoms with Crippen LogP contribution in [0.25, 0.3) is 0 Å². The van der Waals surface area contributed by atoms with Crippen LogP contribution in [0.5, 0.6) is 0 Å². The molecule has 1 saturated carbocycles. The molecule has 0 amide bonds. The van der Waals surface area contributed by atoms with E-state index in [-0.39, 0.29) is 12.6 Å². The first-order valence-electron chi connectivity index (χ1n) is 5.34. The number of nitrogens with zero attached hydrogens (tertiary/aromatic N) is 1. The fourth-order valence-corrected chi connectivity index (χ4v) is 1.77. The summed E-state index contributed by atoms with van der Waals surface area (Å²) in [7, 11) is 1.66. The van der Waals surface area contributed by atoms with E-state index in [2.05, 4.69) is 0 Å². The minimum atomic E-state index is -4.43. The van der Waals surface area contributed by atoms with E-state index in [1.807, 2.05) is 6.92 Å².